The van der Waals surface area contributed by atoms with E-state index < -0.39 is 0 Å². The number of ether oxygens (including phenoxy) is 1. The summed E-state index contributed by atoms with van der Waals surface area (Å²) in [6, 6.07) is 8.28. The van der Waals surface area contributed by atoms with Gasteiger partial charge in [0.25, 0.3) is 5.91 Å². The highest BCUT2D eigenvalue weighted by Gasteiger charge is 2.31. The molecule has 0 spiro atoms. The third-order valence-corrected chi connectivity index (χ3v) is 4.63. The summed E-state index contributed by atoms with van der Waals surface area (Å²) in [6.07, 6.45) is 9.68. The van der Waals surface area contributed by atoms with Gasteiger partial charge in [0.05, 0.1) is 6.04 Å². The Morgan fingerprint density at radius 1 is 1.22 bits per heavy atom. The fourth-order valence-electron chi connectivity index (χ4n) is 3.31. The highest BCUT2D eigenvalue weighted by atomic mass is 16.5. The number of hydrogen-bond donors (Lipinski definition) is 1. The Kier molecular flexibility index (Phi) is 3.87. The van der Waals surface area contributed by atoms with Gasteiger partial charge in [-0.3, -0.25) is 9.78 Å². The number of nitrogens with one attached hydrogen (secondary N) is 1. The molecule has 23 heavy (non-hydrogen) atoms. The third-order valence-electron chi connectivity index (χ3n) is 4.63. The van der Waals surface area contributed by atoms with Crippen LogP contribution in [0.1, 0.15) is 53.9 Å². The number of rotatable bonds is 4. The first-order chi connectivity index (χ1) is 11.3. The summed E-state index contributed by atoms with van der Waals surface area (Å²) < 4.78 is 8.03. The number of hydrogen-bond acceptors (Lipinski definition) is 3. The summed E-state index contributed by atoms with van der Waals surface area (Å²) in [5, 5.41) is 3.19. The smallest absolute Gasteiger partial charge is 0.268 e. The van der Waals surface area contributed by atoms with Crippen LogP contribution in [0.5, 0.6) is 0 Å². The first-order valence-corrected chi connectivity index (χ1v) is 8.32. The monoisotopic (exact) mass is 311 g/mol. The van der Waals surface area contributed by atoms with Crippen molar-refractivity contribution in [3.05, 3.63) is 54.1 Å². The largest absolute Gasteiger partial charge is 0.371 e. The summed E-state index contributed by atoms with van der Waals surface area (Å²) >= 11 is 0. The zero-order chi connectivity index (χ0) is 15.6. The Bertz CT molecular complexity index is 679. The average molecular weight is 311 g/mol. The highest BCUT2D eigenvalue weighted by Crippen LogP contribution is 2.36. The zero-order valence-corrected chi connectivity index (χ0v) is 13.0. The minimum Gasteiger partial charge on any atom is -0.371 e. The fourth-order valence-corrected chi connectivity index (χ4v) is 3.31. The van der Waals surface area contributed by atoms with Crippen LogP contribution in [0.2, 0.25) is 0 Å². The van der Waals surface area contributed by atoms with E-state index in [1.165, 1.54) is 12.8 Å². The van der Waals surface area contributed by atoms with E-state index in [9.17, 15) is 4.79 Å². The van der Waals surface area contributed by atoms with Gasteiger partial charge in [0.15, 0.2) is 0 Å². The van der Waals surface area contributed by atoms with E-state index in [-0.39, 0.29) is 18.1 Å². The zero-order valence-electron chi connectivity index (χ0n) is 13.0. The van der Waals surface area contributed by atoms with E-state index in [0.717, 1.165) is 30.7 Å². The van der Waals surface area contributed by atoms with Gasteiger partial charge >= 0.3 is 0 Å². The van der Waals surface area contributed by atoms with E-state index in [1.807, 2.05) is 30.5 Å². The van der Waals surface area contributed by atoms with Crippen LogP contribution < -0.4 is 5.32 Å². The van der Waals surface area contributed by atoms with Crippen LogP contribution in [-0.4, -0.2) is 28.1 Å². The van der Waals surface area contributed by atoms with E-state index in [4.69, 9.17) is 4.74 Å². The summed E-state index contributed by atoms with van der Waals surface area (Å²) in [4.78, 5) is 16.8. The second kappa shape index (κ2) is 6.16. The fraction of sp³-hybridized carbons (Fsp3) is 0.444. The molecule has 0 bridgehead atoms. The minimum absolute atomic E-state index is 0.00111. The molecule has 5 heteroatoms. The van der Waals surface area contributed by atoms with Crippen molar-refractivity contribution >= 4 is 5.91 Å². The molecule has 1 amide bonds. The molecule has 2 aromatic rings. The second-order valence-corrected chi connectivity index (χ2v) is 6.33. The lowest BCUT2D eigenvalue weighted by Gasteiger charge is -2.32. The predicted octanol–water partition coefficient (Wildman–Crippen LogP) is 2.87. The van der Waals surface area contributed by atoms with Crippen LogP contribution in [-0.2, 0) is 4.74 Å². The third kappa shape index (κ3) is 3.01. The van der Waals surface area contributed by atoms with E-state index in [1.54, 1.807) is 12.4 Å². The van der Waals surface area contributed by atoms with Gasteiger partial charge in [-0.1, -0.05) is 0 Å². The predicted molar refractivity (Wildman–Crippen MR) is 86.1 cm³/mol. The molecular formula is C18H21N3O2. The summed E-state index contributed by atoms with van der Waals surface area (Å²) in [5.41, 5.74) is 1.83. The standard InChI is InChI=1S/C18H21N3O2/c22-18(16-4-1-11-21(16)14-5-6-14)20-15-3-2-12-23-17(15)13-7-9-19-10-8-13/h1,4,7-11,14-15,17H,2-3,5-6,12H2,(H,20,22)/t15-,17+/m0/s1. The number of nitrogens with zero attached hydrogens (tertiary/aromatic N) is 2. The van der Waals surface area contributed by atoms with Crippen molar-refractivity contribution < 1.29 is 9.53 Å². The first kappa shape index (κ1) is 14.5. The molecule has 1 saturated heterocycles. The Balaban J connectivity index is 1.51. The average Bonchev–Trinajstić information content (AvgIpc) is 3.32. The van der Waals surface area contributed by atoms with Gasteiger partial charge in [-0.2, -0.15) is 0 Å². The van der Waals surface area contributed by atoms with Crippen molar-refractivity contribution in [2.45, 2.75) is 43.9 Å². The quantitative estimate of drug-likeness (QED) is 0.944. The van der Waals surface area contributed by atoms with Crippen molar-refractivity contribution in [3.8, 4) is 0 Å². The molecule has 4 rings (SSSR count). The van der Waals surface area contributed by atoms with Crippen LogP contribution in [0, 0.1) is 0 Å². The van der Waals surface area contributed by atoms with E-state index >= 15 is 0 Å². The van der Waals surface area contributed by atoms with Crippen molar-refractivity contribution in [2.75, 3.05) is 6.61 Å². The van der Waals surface area contributed by atoms with Gasteiger partial charge in [-0.25, -0.2) is 0 Å². The number of carbonyl (C=O) groups excluding carboxylic acids is 1. The van der Waals surface area contributed by atoms with E-state index in [2.05, 4.69) is 14.9 Å². The molecule has 1 aliphatic heterocycles. The Morgan fingerprint density at radius 2 is 2.04 bits per heavy atom. The first-order valence-electron chi connectivity index (χ1n) is 8.32. The molecule has 3 heterocycles. The van der Waals surface area contributed by atoms with Crippen molar-refractivity contribution in [1.82, 2.24) is 14.9 Å². The summed E-state index contributed by atoms with van der Waals surface area (Å²) in [7, 11) is 0. The van der Waals surface area contributed by atoms with Gasteiger partial charge in [0.2, 0.25) is 0 Å². The molecule has 0 radical (unpaired) electrons. The van der Waals surface area contributed by atoms with Crippen LogP contribution >= 0.6 is 0 Å². The molecule has 0 aromatic carbocycles. The molecule has 2 aliphatic rings. The van der Waals surface area contributed by atoms with Gasteiger partial charge in [-0.15, -0.1) is 0 Å². The van der Waals surface area contributed by atoms with Crippen molar-refractivity contribution in [1.29, 1.82) is 0 Å². The number of carbonyl (C=O) groups is 1. The molecule has 1 N–H and O–H groups in total. The molecule has 120 valence electrons. The normalized spacial score (nSPS) is 24.3. The second-order valence-electron chi connectivity index (χ2n) is 6.33. The van der Waals surface area contributed by atoms with Crippen LogP contribution in [0.4, 0.5) is 0 Å². The molecular weight excluding hydrogens is 290 g/mol. The molecule has 2 fully saturated rings. The number of amides is 1. The summed E-state index contributed by atoms with van der Waals surface area (Å²) in [6.45, 7) is 0.734. The lowest BCUT2D eigenvalue weighted by molar-refractivity contribution is -0.00959. The van der Waals surface area contributed by atoms with Crippen LogP contribution in [0.3, 0.4) is 0 Å². The molecule has 1 aliphatic carbocycles. The lowest BCUT2D eigenvalue weighted by Crippen LogP contribution is -2.43. The number of pyridine rings is 1. The maximum absolute atomic E-state index is 12.7. The van der Waals surface area contributed by atoms with Crippen molar-refractivity contribution in [3.63, 3.8) is 0 Å². The summed E-state index contributed by atoms with van der Waals surface area (Å²) in [5.74, 6) is -0.00328. The van der Waals surface area contributed by atoms with Gasteiger partial charge < -0.3 is 14.6 Å². The van der Waals surface area contributed by atoms with Gasteiger partial charge in [0.1, 0.15) is 11.8 Å². The number of aromatic nitrogens is 2. The molecule has 1 saturated carbocycles. The lowest BCUT2D eigenvalue weighted by atomic mass is 9.96. The minimum atomic E-state index is -0.0972. The van der Waals surface area contributed by atoms with E-state index in [0.29, 0.717) is 6.04 Å². The van der Waals surface area contributed by atoms with Crippen LogP contribution in [0.25, 0.3) is 0 Å². The topological polar surface area (TPSA) is 56.1 Å². The SMILES string of the molecule is O=C(N[C@H]1CCCO[C@@H]1c1ccncc1)c1cccn1C1CC1. The van der Waals surface area contributed by atoms with Gasteiger partial charge in [-0.05, 0) is 55.5 Å². The Labute approximate surface area is 135 Å². The molecule has 2 aromatic heterocycles. The molecule has 0 unspecified atom stereocenters. The van der Waals surface area contributed by atoms with Crippen LogP contribution in [0.15, 0.2) is 42.9 Å². The maximum Gasteiger partial charge on any atom is 0.268 e. The van der Waals surface area contributed by atoms with Crippen molar-refractivity contribution in [2.24, 2.45) is 0 Å². The maximum atomic E-state index is 12.7. The molecule has 2 atom stereocenters. The Hall–Kier alpha value is -2.14. The highest BCUT2D eigenvalue weighted by molar-refractivity contribution is 5.93. The molecule has 5 nitrogen and oxygen atoms in total. The van der Waals surface area contributed by atoms with Gasteiger partial charge in [0, 0.05) is 31.2 Å². The Morgan fingerprint density at radius 3 is 2.83 bits per heavy atom.